The molecule has 1 heterocycles. The van der Waals surface area contributed by atoms with Crippen molar-refractivity contribution in [2.45, 2.75) is 24.9 Å². The van der Waals surface area contributed by atoms with Crippen molar-refractivity contribution in [3.8, 4) is 0 Å². The quantitative estimate of drug-likeness (QED) is 0.779. The molecule has 0 spiro atoms. The molecule has 1 N–H and O–H groups in total. The third kappa shape index (κ3) is 3.55. The molecule has 0 aromatic heterocycles. The van der Waals surface area contributed by atoms with E-state index in [0.717, 1.165) is 17.5 Å². The number of aliphatic carboxylic acids is 1. The van der Waals surface area contributed by atoms with Crippen LogP contribution in [0.15, 0.2) is 42.5 Å². The molecule has 2 aromatic rings. The summed E-state index contributed by atoms with van der Waals surface area (Å²) in [7, 11) is 0. The lowest BCUT2D eigenvalue weighted by molar-refractivity contribution is -0.142. The normalized spacial score (nSPS) is 19.4. The van der Waals surface area contributed by atoms with Gasteiger partial charge in [0, 0.05) is 21.6 Å². The van der Waals surface area contributed by atoms with Gasteiger partial charge in [-0.1, -0.05) is 53.0 Å². The highest BCUT2D eigenvalue weighted by Gasteiger charge is 2.37. The Morgan fingerprint density at radius 2 is 1.75 bits per heavy atom. The lowest BCUT2D eigenvalue weighted by atomic mass is 9.96. The summed E-state index contributed by atoms with van der Waals surface area (Å²) in [6, 6.07) is 12.0. The smallest absolute Gasteiger partial charge is 0.320 e. The molecule has 2 aromatic carbocycles. The van der Waals surface area contributed by atoms with Crippen LogP contribution in [0.2, 0.25) is 15.1 Å². The lowest BCUT2D eigenvalue weighted by Gasteiger charge is -2.32. The summed E-state index contributed by atoms with van der Waals surface area (Å²) in [5.41, 5.74) is 1.80. The molecule has 1 saturated heterocycles. The SMILES string of the molecule is O=C(O)C1CCCN1C(c1ccc(Cl)cc1)c1ccc(Cl)cc1Cl. The third-order valence-electron chi connectivity index (χ3n) is 4.35. The summed E-state index contributed by atoms with van der Waals surface area (Å²) in [5, 5.41) is 11.3. The van der Waals surface area contributed by atoms with E-state index in [1.807, 2.05) is 23.1 Å². The van der Waals surface area contributed by atoms with E-state index < -0.39 is 12.0 Å². The Labute approximate surface area is 155 Å². The Hall–Kier alpha value is -1.26. The van der Waals surface area contributed by atoms with Crippen LogP contribution in [-0.2, 0) is 4.79 Å². The minimum absolute atomic E-state index is 0.254. The highest BCUT2D eigenvalue weighted by Crippen LogP contribution is 2.39. The van der Waals surface area contributed by atoms with E-state index in [2.05, 4.69) is 0 Å². The Bertz CT molecular complexity index is 748. The van der Waals surface area contributed by atoms with E-state index in [9.17, 15) is 9.90 Å². The first-order chi connectivity index (χ1) is 11.5. The molecule has 6 heteroatoms. The van der Waals surface area contributed by atoms with Gasteiger partial charge in [-0.05, 0) is 48.2 Å². The molecule has 0 aliphatic carbocycles. The summed E-state index contributed by atoms with van der Waals surface area (Å²) >= 11 is 18.4. The van der Waals surface area contributed by atoms with Crippen LogP contribution in [0.25, 0.3) is 0 Å². The average molecular weight is 385 g/mol. The van der Waals surface area contributed by atoms with Gasteiger partial charge in [-0.25, -0.2) is 0 Å². The predicted octanol–water partition coefficient (Wildman–Crippen LogP) is 5.29. The van der Waals surface area contributed by atoms with Crippen molar-refractivity contribution in [2.24, 2.45) is 0 Å². The summed E-state index contributed by atoms with van der Waals surface area (Å²) in [4.78, 5) is 13.6. The van der Waals surface area contributed by atoms with E-state index in [0.29, 0.717) is 28.0 Å². The van der Waals surface area contributed by atoms with Crippen molar-refractivity contribution in [2.75, 3.05) is 6.54 Å². The molecule has 0 bridgehead atoms. The Kier molecular flexibility index (Phi) is 5.36. The van der Waals surface area contributed by atoms with E-state index >= 15 is 0 Å². The molecular formula is C18H16Cl3NO2. The van der Waals surface area contributed by atoms with Crippen molar-refractivity contribution in [3.63, 3.8) is 0 Å². The van der Waals surface area contributed by atoms with Crippen molar-refractivity contribution in [1.29, 1.82) is 0 Å². The minimum atomic E-state index is -0.809. The fourth-order valence-corrected chi connectivity index (χ4v) is 3.92. The maximum Gasteiger partial charge on any atom is 0.320 e. The molecule has 2 atom stereocenters. The first-order valence-corrected chi connectivity index (χ1v) is 8.79. The molecule has 24 heavy (non-hydrogen) atoms. The molecule has 0 radical (unpaired) electrons. The Morgan fingerprint density at radius 1 is 1.08 bits per heavy atom. The Balaban J connectivity index is 2.10. The van der Waals surface area contributed by atoms with Gasteiger partial charge in [0.15, 0.2) is 0 Å². The molecule has 1 aliphatic rings. The van der Waals surface area contributed by atoms with Crippen molar-refractivity contribution in [3.05, 3.63) is 68.7 Å². The van der Waals surface area contributed by atoms with Gasteiger partial charge in [0.05, 0.1) is 6.04 Å². The summed E-state index contributed by atoms with van der Waals surface area (Å²) in [6.45, 7) is 0.698. The number of carboxylic acids is 1. The first-order valence-electron chi connectivity index (χ1n) is 7.66. The van der Waals surface area contributed by atoms with Gasteiger partial charge in [-0.2, -0.15) is 0 Å². The average Bonchev–Trinajstić information content (AvgIpc) is 3.01. The zero-order chi connectivity index (χ0) is 17.3. The summed E-state index contributed by atoms with van der Waals surface area (Å²) in [6.07, 6.45) is 1.47. The topological polar surface area (TPSA) is 40.5 Å². The van der Waals surface area contributed by atoms with Crippen LogP contribution >= 0.6 is 34.8 Å². The Morgan fingerprint density at radius 3 is 2.38 bits per heavy atom. The number of hydrogen-bond acceptors (Lipinski definition) is 2. The molecule has 2 unspecified atom stereocenters. The molecule has 1 fully saturated rings. The van der Waals surface area contributed by atoms with Crippen molar-refractivity contribution < 1.29 is 9.90 Å². The number of halogens is 3. The van der Waals surface area contributed by atoms with Crippen molar-refractivity contribution >= 4 is 40.8 Å². The molecule has 0 saturated carbocycles. The fourth-order valence-electron chi connectivity index (χ4n) is 3.28. The molecular weight excluding hydrogens is 369 g/mol. The van der Waals surface area contributed by atoms with E-state index in [1.165, 1.54) is 0 Å². The van der Waals surface area contributed by atoms with Gasteiger partial charge in [-0.3, -0.25) is 9.69 Å². The zero-order valence-electron chi connectivity index (χ0n) is 12.8. The largest absolute Gasteiger partial charge is 0.480 e. The number of carbonyl (C=O) groups is 1. The highest BCUT2D eigenvalue weighted by molar-refractivity contribution is 6.35. The predicted molar refractivity (Wildman–Crippen MR) is 97.1 cm³/mol. The van der Waals surface area contributed by atoms with Gasteiger partial charge in [0.2, 0.25) is 0 Å². The number of hydrogen-bond donors (Lipinski definition) is 1. The number of rotatable bonds is 4. The second kappa shape index (κ2) is 7.32. The fraction of sp³-hybridized carbons (Fsp3) is 0.278. The third-order valence-corrected chi connectivity index (χ3v) is 5.17. The van der Waals surface area contributed by atoms with Crippen molar-refractivity contribution in [1.82, 2.24) is 4.90 Å². The van der Waals surface area contributed by atoms with E-state index in [4.69, 9.17) is 34.8 Å². The maximum atomic E-state index is 11.7. The molecule has 1 aliphatic heterocycles. The van der Waals surface area contributed by atoms with Gasteiger partial charge >= 0.3 is 5.97 Å². The maximum absolute atomic E-state index is 11.7. The number of nitrogens with zero attached hydrogens (tertiary/aromatic N) is 1. The van der Waals surface area contributed by atoms with Crippen LogP contribution in [0.5, 0.6) is 0 Å². The van der Waals surface area contributed by atoms with Crippen LogP contribution in [0.3, 0.4) is 0 Å². The van der Waals surface area contributed by atoms with Gasteiger partial charge < -0.3 is 5.11 Å². The first kappa shape index (κ1) is 17.6. The van der Waals surface area contributed by atoms with Crippen LogP contribution in [0, 0.1) is 0 Å². The molecule has 3 rings (SSSR count). The van der Waals surface area contributed by atoms with E-state index in [1.54, 1.807) is 24.3 Å². The second-order valence-electron chi connectivity index (χ2n) is 5.85. The van der Waals surface area contributed by atoms with Crippen LogP contribution in [0.1, 0.15) is 30.0 Å². The van der Waals surface area contributed by atoms with Gasteiger partial charge in [0.25, 0.3) is 0 Å². The number of benzene rings is 2. The highest BCUT2D eigenvalue weighted by atomic mass is 35.5. The zero-order valence-corrected chi connectivity index (χ0v) is 15.0. The monoisotopic (exact) mass is 383 g/mol. The van der Waals surface area contributed by atoms with E-state index in [-0.39, 0.29) is 6.04 Å². The number of likely N-dealkylation sites (tertiary alicyclic amines) is 1. The van der Waals surface area contributed by atoms with Gasteiger partial charge in [0.1, 0.15) is 6.04 Å². The lowest BCUT2D eigenvalue weighted by Crippen LogP contribution is -2.39. The van der Waals surface area contributed by atoms with Gasteiger partial charge in [-0.15, -0.1) is 0 Å². The van der Waals surface area contributed by atoms with Crippen LogP contribution in [-0.4, -0.2) is 28.6 Å². The molecule has 126 valence electrons. The number of carboxylic acid groups (broad SMARTS) is 1. The molecule has 0 amide bonds. The second-order valence-corrected chi connectivity index (χ2v) is 7.13. The van der Waals surface area contributed by atoms with Crippen LogP contribution < -0.4 is 0 Å². The molecule has 3 nitrogen and oxygen atoms in total. The minimum Gasteiger partial charge on any atom is -0.480 e. The summed E-state index contributed by atoms with van der Waals surface area (Å²) < 4.78 is 0. The summed E-state index contributed by atoms with van der Waals surface area (Å²) in [5.74, 6) is -0.809. The standard InChI is InChI=1S/C18H16Cl3NO2/c19-12-5-3-11(4-6-12)17(14-8-7-13(20)10-15(14)21)22-9-1-2-16(22)18(23)24/h3-8,10,16-17H,1-2,9H2,(H,23,24). The van der Waals surface area contributed by atoms with Crippen LogP contribution in [0.4, 0.5) is 0 Å².